The normalized spacial score (nSPS) is 13.2. The first-order valence-electron chi connectivity index (χ1n) is 7.40. The first-order chi connectivity index (χ1) is 10.4. The first-order valence-corrected chi connectivity index (χ1v) is 7.40. The van der Waals surface area contributed by atoms with Crippen LogP contribution in [0.4, 0.5) is 0 Å². The molecule has 0 N–H and O–H groups in total. The second-order valence-electron chi connectivity index (χ2n) is 5.40. The molecule has 1 heterocycles. The minimum Gasteiger partial charge on any atom is -0.315 e. The molecule has 1 aliphatic carbocycles. The van der Waals surface area contributed by atoms with Crippen molar-refractivity contribution in [2.75, 3.05) is 0 Å². The highest BCUT2D eigenvalue weighted by atomic mass is 15.0. The van der Waals surface area contributed by atoms with Gasteiger partial charge in [-0.1, -0.05) is 18.2 Å². The zero-order valence-corrected chi connectivity index (χ0v) is 12.0. The number of fused-ring (bicyclic) bond motifs is 1. The van der Waals surface area contributed by atoms with E-state index < -0.39 is 0 Å². The molecule has 1 aliphatic rings. The molecule has 0 amide bonds. The summed E-state index contributed by atoms with van der Waals surface area (Å²) in [5.41, 5.74) is 5.86. The Morgan fingerprint density at radius 2 is 1.38 bits per heavy atom. The average molecular weight is 275 g/mol. The number of hydrogen-bond donors (Lipinski definition) is 0. The number of aromatic nitrogens is 1. The monoisotopic (exact) mass is 275 g/mol. The summed E-state index contributed by atoms with van der Waals surface area (Å²) in [6, 6.07) is 14.7. The van der Waals surface area contributed by atoms with Crippen LogP contribution in [0.25, 0.3) is 5.69 Å². The fourth-order valence-corrected chi connectivity index (χ4v) is 3.39. The predicted molar refractivity (Wildman–Crippen MR) is 81.0 cm³/mol. The third-order valence-corrected chi connectivity index (χ3v) is 4.21. The van der Waals surface area contributed by atoms with Crippen molar-refractivity contribution in [3.63, 3.8) is 0 Å². The smallest absolute Gasteiger partial charge is 0.0761 e. The molecule has 2 aromatic rings. The third kappa shape index (κ3) is 2.32. The molecule has 104 valence electrons. The third-order valence-electron chi connectivity index (χ3n) is 4.21. The molecule has 21 heavy (non-hydrogen) atoms. The predicted octanol–water partition coefficient (Wildman–Crippen LogP) is 3.49. The van der Waals surface area contributed by atoms with E-state index >= 15 is 0 Å². The van der Waals surface area contributed by atoms with Crippen LogP contribution in [0, 0.1) is 22.7 Å². The van der Waals surface area contributed by atoms with E-state index in [-0.39, 0.29) is 0 Å². The lowest BCUT2D eigenvalue weighted by Gasteiger charge is -2.12. The maximum Gasteiger partial charge on any atom is 0.0761 e. The van der Waals surface area contributed by atoms with Crippen LogP contribution in [0.5, 0.6) is 0 Å². The van der Waals surface area contributed by atoms with Crippen molar-refractivity contribution >= 4 is 0 Å². The highest BCUT2D eigenvalue weighted by Gasteiger charge is 2.24. The van der Waals surface area contributed by atoms with Crippen LogP contribution in [0.3, 0.4) is 0 Å². The van der Waals surface area contributed by atoms with Gasteiger partial charge in [-0.25, -0.2) is 0 Å². The molecule has 0 atom stereocenters. The molecule has 0 unspecified atom stereocenters. The van der Waals surface area contributed by atoms with Crippen LogP contribution in [0.2, 0.25) is 0 Å². The Bertz CT molecular complexity index is 683. The molecule has 3 heteroatoms. The number of nitriles is 2. The Morgan fingerprint density at radius 3 is 1.86 bits per heavy atom. The van der Waals surface area contributed by atoms with Crippen molar-refractivity contribution in [2.45, 2.75) is 38.5 Å². The second-order valence-corrected chi connectivity index (χ2v) is 5.40. The van der Waals surface area contributed by atoms with Crippen LogP contribution in [0.1, 0.15) is 35.4 Å². The van der Waals surface area contributed by atoms with E-state index in [0.29, 0.717) is 12.8 Å². The van der Waals surface area contributed by atoms with Gasteiger partial charge in [0.1, 0.15) is 0 Å². The van der Waals surface area contributed by atoms with E-state index in [0.717, 1.165) is 29.9 Å². The van der Waals surface area contributed by atoms with Gasteiger partial charge in [-0.05, 0) is 48.9 Å². The van der Waals surface area contributed by atoms with Gasteiger partial charge in [-0.15, -0.1) is 0 Å². The fourth-order valence-electron chi connectivity index (χ4n) is 3.39. The number of hydrogen-bond acceptors (Lipinski definition) is 2. The Labute approximate surface area is 125 Å². The quantitative estimate of drug-likeness (QED) is 0.861. The van der Waals surface area contributed by atoms with E-state index in [1.807, 2.05) is 30.3 Å². The summed E-state index contributed by atoms with van der Waals surface area (Å²) < 4.78 is 2.16. The summed E-state index contributed by atoms with van der Waals surface area (Å²) in [5, 5.41) is 18.4. The number of benzene rings is 1. The Morgan fingerprint density at radius 1 is 0.857 bits per heavy atom. The van der Waals surface area contributed by atoms with Gasteiger partial charge in [0.15, 0.2) is 0 Å². The minimum absolute atomic E-state index is 0.405. The second kappa shape index (κ2) is 5.85. The van der Waals surface area contributed by atoms with E-state index in [4.69, 9.17) is 0 Å². The van der Waals surface area contributed by atoms with Crippen molar-refractivity contribution in [1.82, 2.24) is 4.57 Å². The molecule has 0 aliphatic heterocycles. The molecule has 0 saturated heterocycles. The molecule has 1 aromatic carbocycles. The van der Waals surface area contributed by atoms with Gasteiger partial charge in [0.05, 0.1) is 25.0 Å². The van der Waals surface area contributed by atoms with Gasteiger partial charge >= 0.3 is 0 Å². The van der Waals surface area contributed by atoms with Crippen LogP contribution in [-0.4, -0.2) is 4.57 Å². The van der Waals surface area contributed by atoms with Crippen molar-refractivity contribution in [3.05, 3.63) is 52.8 Å². The fraction of sp³-hybridized carbons (Fsp3) is 0.333. The summed E-state index contributed by atoms with van der Waals surface area (Å²) in [6.07, 6.45) is 5.23. The molecule has 0 saturated carbocycles. The SMILES string of the molecule is N#CCc1c2c(c(CC#N)n1-c1ccccc1)CCCC2. The first kappa shape index (κ1) is 13.5. The Hall–Kier alpha value is -2.52. The standard InChI is InChI=1S/C18H17N3/c19-12-10-17-15-8-4-5-9-16(15)18(11-13-20)21(17)14-6-2-1-3-7-14/h1-3,6-7H,4-5,8-11H2. The lowest BCUT2D eigenvalue weighted by Crippen LogP contribution is -2.05. The number of para-hydroxylation sites is 1. The molecule has 3 nitrogen and oxygen atoms in total. The average Bonchev–Trinajstić information content (AvgIpc) is 2.84. The van der Waals surface area contributed by atoms with E-state index in [9.17, 15) is 10.5 Å². The van der Waals surface area contributed by atoms with Gasteiger partial charge in [-0.3, -0.25) is 0 Å². The van der Waals surface area contributed by atoms with Crippen molar-refractivity contribution < 1.29 is 0 Å². The summed E-state index contributed by atoms with van der Waals surface area (Å²) in [6.45, 7) is 0. The van der Waals surface area contributed by atoms with Crippen LogP contribution in [0.15, 0.2) is 30.3 Å². The Kier molecular flexibility index (Phi) is 3.75. The minimum atomic E-state index is 0.405. The van der Waals surface area contributed by atoms with Crippen LogP contribution >= 0.6 is 0 Å². The highest BCUT2D eigenvalue weighted by molar-refractivity contribution is 5.49. The van der Waals surface area contributed by atoms with Crippen LogP contribution in [-0.2, 0) is 25.7 Å². The summed E-state index contributed by atoms with van der Waals surface area (Å²) in [4.78, 5) is 0. The maximum absolute atomic E-state index is 9.20. The van der Waals surface area contributed by atoms with Crippen molar-refractivity contribution in [1.29, 1.82) is 10.5 Å². The van der Waals surface area contributed by atoms with Gasteiger partial charge < -0.3 is 4.57 Å². The molecular weight excluding hydrogens is 258 g/mol. The zero-order valence-electron chi connectivity index (χ0n) is 12.0. The molecule has 1 aromatic heterocycles. The van der Waals surface area contributed by atoms with Crippen molar-refractivity contribution in [3.8, 4) is 17.8 Å². The molecule has 0 spiro atoms. The van der Waals surface area contributed by atoms with E-state index in [1.54, 1.807) is 0 Å². The molecule has 0 bridgehead atoms. The largest absolute Gasteiger partial charge is 0.315 e. The molecular formula is C18H17N3. The van der Waals surface area contributed by atoms with Gasteiger partial charge in [-0.2, -0.15) is 10.5 Å². The lowest BCUT2D eigenvalue weighted by molar-refractivity contribution is 0.683. The summed E-state index contributed by atoms with van der Waals surface area (Å²) >= 11 is 0. The lowest BCUT2D eigenvalue weighted by atomic mass is 9.91. The number of rotatable bonds is 3. The summed E-state index contributed by atoms with van der Waals surface area (Å²) in [5.74, 6) is 0. The maximum atomic E-state index is 9.20. The Balaban J connectivity index is 2.27. The zero-order chi connectivity index (χ0) is 14.7. The highest BCUT2D eigenvalue weighted by Crippen LogP contribution is 2.33. The number of nitrogens with zero attached hydrogens (tertiary/aromatic N) is 3. The van der Waals surface area contributed by atoms with E-state index in [1.165, 1.54) is 24.0 Å². The van der Waals surface area contributed by atoms with Crippen molar-refractivity contribution in [2.24, 2.45) is 0 Å². The molecule has 3 rings (SSSR count). The van der Waals surface area contributed by atoms with Gasteiger partial charge in [0, 0.05) is 17.1 Å². The molecule has 0 radical (unpaired) electrons. The van der Waals surface area contributed by atoms with Gasteiger partial charge in [0.25, 0.3) is 0 Å². The van der Waals surface area contributed by atoms with Crippen LogP contribution < -0.4 is 0 Å². The van der Waals surface area contributed by atoms with E-state index in [2.05, 4.69) is 16.7 Å². The molecule has 0 fully saturated rings. The topological polar surface area (TPSA) is 52.5 Å². The summed E-state index contributed by atoms with van der Waals surface area (Å²) in [7, 11) is 0. The van der Waals surface area contributed by atoms with Gasteiger partial charge in [0.2, 0.25) is 0 Å².